The highest BCUT2D eigenvalue weighted by Gasteiger charge is 2.32. The minimum atomic E-state index is -4.66. The van der Waals surface area contributed by atoms with E-state index in [1.165, 1.54) is 6.07 Å². The molecule has 1 rings (SSSR count). The highest BCUT2D eigenvalue weighted by atomic mass is 79.9. The molecule has 0 saturated carbocycles. The van der Waals surface area contributed by atoms with E-state index in [1.807, 2.05) is 0 Å². The topological polar surface area (TPSA) is 9.23 Å². The molecule has 0 spiro atoms. The van der Waals surface area contributed by atoms with Crippen LogP contribution in [0.4, 0.5) is 13.2 Å². The summed E-state index contributed by atoms with van der Waals surface area (Å²) in [6.45, 7) is 0. The Bertz CT molecular complexity index is 325. The minimum absolute atomic E-state index is 0.191. The van der Waals surface area contributed by atoms with Gasteiger partial charge in [0.2, 0.25) is 0 Å². The molecule has 6 heteroatoms. The first-order valence-electron chi connectivity index (χ1n) is 3.52. The maximum absolute atomic E-state index is 11.9. The van der Waals surface area contributed by atoms with E-state index < -0.39 is 6.36 Å². The van der Waals surface area contributed by atoms with Crippen LogP contribution in [0.5, 0.6) is 5.75 Å². The molecule has 0 aliphatic carbocycles. The largest absolute Gasteiger partial charge is 0.573 e. The lowest BCUT2D eigenvalue weighted by molar-refractivity contribution is -0.274. The van der Waals surface area contributed by atoms with Crippen molar-refractivity contribution < 1.29 is 17.9 Å². The van der Waals surface area contributed by atoms with Crippen LogP contribution in [-0.4, -0.2) is 6.36 Å². The molecule has 1 aromatic rings. The summed E-state index contributed by atoms with van der Waals surface area (Å²) in [4.78, 5) is 0. The Hall–Kier alpha value is -0.230. The van der Waals surface area contributed by atoms with Crippen LogP contribution in [0.3, 0.4) is 0 Å². The summed E-state index contributed by atoms with van der Waals surface area (Å²) in [5.41, 5.74) is 0.450. The summed E-state index contributed by atoms with van der Waals surface area (Å²) in [5, 5.41) is 0.311. The lowest BCUT2D eigenvalue weighted by Crippen LogP contribution is -2.18. The van der Waals surface area contributed by atoms with Crippen molar-refractivity contribution in [3.63, 3.8) is 0 Å². The number of hydrogen-bond donors (Lipinski definition) is 0. The molecule has 1 aromatic carbocycles. The molecule has 0 N–H and O–H groups in total. The second kappa shape index (κ2) is 4.53. The Morgan fingerprint density at radius 2 is 1.93 bits per heavy atom. The molecular weight excluding hydrogens is 329 g/mol. The van der Waals surface area contributed by atoms with Crippen molar-refractivity contribution in [3.05, 3.63) is 28.2 Å². The predicted molar refractivity (Wildman–Crippen MR) is 53.5 cm³/mol. The third-order valence-corrected chi connectivity index (χ3v) is 2.50. The van der Waals surface area contributed by atoms with E-state index in [0.717, 1.165) is 0 Å². The van der Waals surface area contributed by atoms with Crippen molar-refractivity contribution in [2.24, 2.45) is 0 Å². The van der Waals surface area contributed by atoms with Crippen LogP contribution in [-0.2, 0) is 5.33 Å². The van der Waals surface area contributed by atoms with Gasteiger partial charge in [-0.1, -0.05) is 37.9 Å². The molecule has 0 atom stereocenters. The molecule has 1 nitrogen and oxygen atoms in total. The number of halogens is 5. The lowest BCUT2D eigenvalue weighted by atomic mass is 10.2. The number of benzene rings is 1. The molecule has 78 valence electrons. The average molecular weight is 334 g/mol. The van der Waals surface area contributed by atoms with Crippen molar-refractivity contribution in [2.45, 2.75) is 11.7 Å². The highest BCUT2D eigenvalue weighted by Crippen LogP contribution is 2.30. The number of alkyl halides is 4. The quantitative estimate of drug-likeness (QED) is 0.735. The maximum atomic E-state index is 11.9. The van der Waals surface area contributed by atoms with Crippen molar-refractivity contribution in [3.8, 4) is 5.75 Å². The van der Waals surface area contributed by atoms with E-state index in [1.54, 1.807) is 12.1 Å². The van der Waals surface area contributed by atoms with Gasteiger partial charge in [-0.3, -0.25) is 0 Å². The Kier molecular flexibility index (Phi) is 3.83. The summed E-state index contributed by atoms with van der Waals surface area (Å²) < 4.78 is 40.2. The SMILES string of the molecule is FC(F)(F)Oc1cc(Br)ccc1CBr. The molecule has 0 amide bonds. The molecule has 0 aliphatic heterocycles. The van der Waals surface area contributed by atoms with Crippen LogP contribution in [0.25, 0.3) is 0 Å². The first-order valence-corrected chi connectivity index (χ1v) is 5.44. The Morgan fingerprint density at radius 3 is 2.43 bits per heavy atom. The number of hydrogen-bond acceptors (Lipinski definition) is 1. The van der Waals surface area contributed by atoms with Gasteiger partial charge in [0, 0.05) is 15.4 Å². The molecule has 0 heterocycles. The van der Waals surface area contributed by atoms with Gasteiger partial charge in [-0.15, -0.1) is 13.2 Å². The van der Waals surface area contributed by atoms with Crippen LogP contribution in [0.1, 0.15) is 5.56 Å². The van der Waals surface area contributed by atoms with Crippen molar-refractivity contribution in [1.82, 2.24) is 0 Å². The Morgan fingerprint density at radius 1 is 1.29 bits per heavy atom. The number of ether oxygens (including phenoxy) is 1. The van der Waals surface area contributed by atoms with E-state index >= 15 is 0 Å². The summed E-state index contributed by atoms with van der Waals surface area (Å²) >= 11 is 6.15. The fourth-order valence-corrected chi connectivity index (χ4v) is 1.66. The van der Waals surface area contributed by atoms with Gasteiger partial charge < -0.3 is 4.74 Å². The second-order valence-electron chi connectivity index (χ2n) is 2.43. The van der Waals surface area contributed by atoms with E-state index in [4.69, 9.17) is 0 Å². The molecule has 0 aliphatic rings. The summed E-state index contributed by atoms with van der Waals surface area (Å²) in [7, 11) is 0. The van der Waals surface area contributed by atoms with Crippen LogP contribution < -0.4 is 4.74 Å². The zero-order chi connectivity index (χ0) is 10.8. The average Bonchev–Trinajstić information content (AvgIpc) is 2.01. The monoisotopic (exact) mass is 332 g/mol. The summed E-state index contributed by atoms with van der Waals surface area (Å²) in [6.07, 6.45) is -4.66. The van der Waals surface area contributed by atoms with Gasteiger partial charge in [0.15, 0.2) is 0 Å². The predicted octanol–water partition coefficient (Wildman–Crippen LogP) is 4.24. The van der Waals surface area contributed by atoms with E-state index in [0.29, 0.717) is 15.4 Å². The molecule has 0 radical (unpaired) electrons. The molecular formula is C8H5Br2F3O. The van der Waals surface area contributed by atoms with Gasteiger partial charge in [0.1, 0.15) is 5.75 Å². The molecule has 0 fully saturated rings. The van der Waals surface area contributed by atoms with Crippen LogP contribution >= 0.6 is 31.9 Å². The smallest absolute Gasteiger partial charge is 0.405 e. The van der Waals surface area contributed by atoms with Crippen molar-refractivity contribution >= 4 is 31.9 Å². The fourth-order valence-electron chi connectivity index (χ4n) is 0.858. The molecule has 0 bridgehead atoms. The van der Waals surface area contributed by atoms with Crippen LogP contribution in [0.2, 0.25) is 0 Å². The Labute approximate surface area is 95.5 Å². The zero-order valence-electron chi connectivity index (χ0n) is 6.74. The van der Waals surface area contributed by atoms with Gasteiger partial charge in [0.25, 0.3) is 0 Å². The Balaban J connectivity index is 2.99. The maximum Gasteiger partial charge on any atom is 0.573 e. The first kappa shape index (κ1) is 11.8. The van der Waals surface area contributed by atoms with Gasteiger partial charge in [-0.25, -0.2) is 0 Å². The van der Waals surface area contributed by atoms with Gasteiger partial charge in [-0.05, 0) is 12.1 Å². The third-order valence-electron chi connectivity index (χ3n) is 1.40. The van der Waals surface area contributed by atoms with Crippen LogP contribution in [0.15, 0.2) is 22.7 Å². The summed E-state index contributed by atoms with van der Waals surface area (Å²) in [6, 6.07) is 4.49. The lowest BCUT2D eigenvalue weighted by Gasteiger charge is -2.12. The summed E-state index contributed by atoms with van der Waals surface area (Å²) in [5.74, 6) is -0.191. The van der Waals surface area contributed by atoms with Gasteiger partial charge in [0.05, 0.1) is 0 Å². The van der Waals surface area contributed by atoms with E-state index in [9.17, 15) is 13.2 Å². The van der Waals surface area contributed by atoms with E-state index in [-0.39, 0.29) is 5.75 Å². The molecule has 0 saturated heterocycles. The first-order chi connectivity index (χ1) is 6.42. The minimum Gasteiger partial charge on any atom is -0.405 e. The highest BCUT2D eigenvalue weighted by molar-refractivity contribution is 9.10. The van der Waals surface area contributed by atoms with Crippen molar-refractivity contribution in [2.75, 3.05) is 0 Å². The second-order valence-corrected chi connectivity index (χ2v) is 3.91. The molecule has 14 heavy (non-hydrogen) atoms. The van der Waals surface area contributed by atoms with Crippen molar-refractivity contribution in [1.29, 1.82) is 0 Å². The standard InChI is InChI=1S/C8H5Br2F3O/c9-4-5-1-2-6(10)3-7(5)14-8(11,12)13/h1-3H,4H2. The third kappa shape index (κ3) is 3.49. The van der Waals surface area contributed by atoms with Gasteiger partial charge in [-0.2, -0.15) is 0 Å². The normalized spacial score (nSPS) is 11.5. The molecule has 0 aromatic heterocycles. The fraction of sp³-hybridized carbons (Fsp3) is 0.250. The van der Waals surface area contributed by atoms with Crippen LogP contribution in [0, 0.1) is 0 Å². The zero-order valence-corrected chi connectivity index (χ0v) is 9.91. The number of rotatable bonds is 2. The molecule has 0 unspecified atom stereocenters. The van der Waals surface area contributed by atoms with Gasteiger partial charge >= 0.3 is 6.36 Å². The van der Waals surface area contributed by atoms with E-state index in [2.05, 4.69) is 36.6 Å².